The lowest BCUT2D eigenvalue weighted by molar-refractivity contribution is 0.0997. The zero-order valence-electron chi connectivity index (χ0n) is 6.55. The molecule has 0 saturated heterocycles. The second kappa shape index (κ2) is 4.40. The minimum absolute atomic E-state index is 0.111. The molecule has 0 fully saturated rings. The first-order valence-electron chi connectivity index (χ1n) is 3.50. The highest BCUT2D eigenvalue weighted by molar-refractivity contribution is 9.10. The Bertz CT molecular complexity index is 384. The molecule has 0 spiro atoms. The second-order valence-corrected chi connectivity index (χ2v) is 3.67. The molecule has 4 heteroatoms. The maximum Gasteiger partial charge on any atom is 0.178 e. The molecule has 0 aliphatic heterocycles. The van der Waals surface area contributed by atoms with Crippen molar-refractivity contribution in [2.45, 2.75) is 6.42 Å². The topological polar surface area (TPSA) is 40.9 Å². The monoisotopic (exact) mass is 257 g/mol. The van der Waals surface area contributed by atoms with Gasteiger partial charge in [-0.15, -0.1) is 0 Å². The van der Waals surface area contributed by atoms with Gasteiger partial charge in [0.25, 0.3) is 0 Å². The van der Waals surface area contributed by atoms with E-state index in [0.29, 0.717) is 15.1 Å². The van der Waals surface area contributed by atoms with E-state index < -0.39 is 0 Å². The van der Waals surface area contributed by atoms with Crippen molar-refractivity contribution in [1.29, 1.82) is 5.26 Å². The van der Waals surface area contributed by atoms with Crippen molar-refractivity contribution in [2.24, 2.45) is 0 Å². The van der Waals surface area contributed by atoms with E-state index >= 15 is 0 Å². The van der Waals surface area contributed by atoms with E-state index in [1.165, 1.54) is 0 Å². The summed E-state index contributed by atoms with van der Waals surface area (Å²) in [5.41, 5.74) is 0.492. The van der Waals surface area contributed by atoms with Crippen LogP contribution in [0.1, 0.15) is 16.8 Å². The van der Waals surface area contributed by atoms with Crippen LogP contribution in [0.3, 0.4) is 0 Å². The summed E-state index contributed by atoms with van der Waals surface area (Å²) in [5.74, 6) is -0.203. The van der Waals surface area contributed by atoms with Gasteiger partial charge in [-0.2, -0.15) is 5.26 Å². The van der Waals surface area contributed by atoms with Crippen molar-refractivity contribution in [3.8, 4) is 6.07 Å². The van der Waals surface area contributed by atoms with Crippen molar-refractivity contribution in [1.82, 2.24) is 0 Å². The van der Waals surface area contributed by atoms with Gasteiger partial charge in [0.1, 0.15) is 0 Å². The van der Waals surface area contributed by atoms with Gasteiger partial charge in [-0.25, -0.2) is 0 Å². The molecule has 0 unspecified atom stereocenters. The van der Waals surface area contributed by atoms with Gasteiger partial charge in [-0.3, -0.25) is 4.79 Å². The number of carbonyl (C=O) groups is 1. The first-order chi connectivity index (χ1) is 6.15. The van der Waals surface area contributed by atoms with Crippen molar-refractivity contribution < 1.29 is 4.79 Å². The quantitative estimate of drug-likeness (QED) is 0.764. The van der Waals surface area contributed by atoms with Crippen LogP contribution in [0.15, 0.2) is 22.7 Å². The van der Waals surface area contributed by atoms with E-state index in [-0.39, 0.29) is 12.2 Å². The molecule has 0 N–H and O–H groups in total. The third-order valence-corrected chi connectivity index (χ3v) is 2.36. The van der Waals surface area contributed by atoms with Crippen molar-refractivity contribution >= 4 is 33.3 Å². The minimum Gasteiger partial charge on any atom is -0.293 e. The molecule has 2 nitrogen and oxygen atoms in total. The first-order valence-corrected chi connectivity index (χ1v) is 4.67. The largest absolute Gasteiger partial charge is 0.293 e. The maximum absolute atomic E-state index is 11.3. The lowest BCUT2D eigenvalue weighted by Crippen LogP contribution is -1.98. The highest BCUT2D eigenvalue weighted by atomic mass is 79.9. The third kappa shape index (κ3) is 2.55. The zero-order chi connectivity index (χ0) is 9.84. The maximum atomic E-state index is 11.3. The average molecular weight is 259 g/mol. The molecule has 0 aliphatic carbocycles. The van der Waals surface area contributed by atoms with Crippen LogP contribution in [0, 0.1) is 11.3 Å². The SMILES string of the molecule is N#CCC(=O)c1ccc(Cl)cc1Br. The van der Waals surface area contributed by atoms with Crippen molar-refractivity contribution in [3.63, 3.8) is 0 Å². The average Bonchev–Trinajstić information content (AvgIpc) is 2.04. The van der Waals surface area contributed by atoms with Gasteiger partial charge in [0.05, 0.1) is 12.5 Å². The molecule has 0 radical (unpaired) electrons. The van der Waals surface area contributed by atoms with Crippen molar-refractivity contribution in [2.75, 3.05) is 0 Å². The predicted octanol–water partition coefficient (Wildman–Crippen LogP) is 3.20. The molecule has 0 saturated carbocycles. The Labute approximate surface area is 89.3 Å². The number of ketones is 1. The molecular formula is C9H5BrClNO. The van der Waals surface area contributed by atoms with Crippen LogP contribution in [-0.2, 0) is 0 Å². The Morgan fingerprint density at radius 3 is 2.85 bits per heavy atom. The summed E-state index contributed by atoms with van der Waals surface area (Å²) >= 11 is 8.90. The van der Waals surface area contributed by atoms with E-state index in [2.05, 4.69) is 15.9 Å². The number of rotatable bonds is 2. The number of halogens is 2. The molecular weight excluding hydrogens is 253 g/mol. The number of Topliss-reactive ketones (excluding diaryl/α,β-unsaturated/α-hetero) is 1. The van der Waals surface area contributed by atoms with Crippen LogP contribution in [0.2, 0.25) is 5.02 Å². The number of nitriles is 1. The number of hydrogen-bond acceptors (Lipinski definition) is 2. The molecule has 66 valence electrons. The minimum atomic E-state index is -0.203. The van der Waals surface area contributed by atoms with E-state index in [4.69, 9.17) is 16.9 Å². The zero-order valence-corrected chi connectivity index (χ0v) is 8.89. The van der Waals surface area contributed by atoms with Gasteiger partial charge in [-0.05, 0) is 34.1 Å². The van der Waals surface area contributed by atoms with E-state index in [9.17, 15) is 4.79 Å². The van der Waals surface area contributed by atoms with E-state index in [1.807, 2.05) is 0 Å². The van der Waals surface area contributed by atoms with E-state index in [0.717, 1.165) is 0 Å². The summed E-state index contributed by atoms with van der Waals surface area (Å²) in [6, 6.07) is 6.66. The fourth-order valence-electron chi connectivity index (χ4n) is 0.883. The molecule has 0 amide bonds. The highest BCUT2D eigenvalue weighted by Gasteiger charge is 2.09. The highest BCUT2D eigenvalue weighted by Crippen LogP contribution is 2.22. The summed E-state index contributed by atoms with van der Waals surface area (Å²) in [6.45, 7) is 0. The number of nitrogens with zero attached hydrogens (tertiary/aromatic N) is 1. The van der Waals surface area contributed by atoms with Crippen LogP contribution in [0.5, 0.6) is 0 Å². The Morgan fingerprint density at radius 1 is 1.62 bits per heavy atom. The van der Waals surface area contributed by atoms with Crippen LogP contribution in [0.25, 0.3) is 0 Å². The molecule has 1 aromatic rings. The van der Waals surface area contributed by atoms with Crippen LogP contribution in [-0.4, -0.2) is 5.78 Å². The molecule has 13 heavy (non-hydrogen) atoms. The summed E-state index contributed by atoms with van der Waals surface area (Å²) in [4.78, 5) is 11.3. The van der Waals surface area contributed by atoms with Gasteiger partial charge in [0, 0.05) is 15.1 Å². The second-order valence-electron chi connectivity index (χ2n) is 2.38. The Hall–Kier alpha value is -0.850. The smallest absolute Gasteiger partial charge is 0.178 e. The van der Waals surface area contributed by atoms with Gasteiger partial charge >= 0.3 is 0 Å². The number of carbonyl (C=O) groups excluding carboxylic acids is 1. The summed E-state index contributed by atoms with van der Waals surface area (Å²) in [6.07, 6.45) is -0.111. The molecule has 1 rings (SSSR count). The Morgan fingerprint density at radius 2 is 2.31 bits per heavy atom. The first kappa shape index (κ1) is 10.2. The Balaban J connectivity index is 3.03. The summed E-state index contributed by atoms with van der Waals surface area (Å²) in [7, 11) is 0. The molecule has 0 aromatic heterocycles. The van der Waals surface area contributed by atoms with Crippen LogP contribution >= 0.6 is 27.5 Å². The predicted molar refractivity (Wildman–Crippen MR) is 53.7 cm³/mol. The number of benzene rings is 1. The molecule has 0 bridgehead atoms. The van der Waals surface area contributed by atoms with Gasteiger partial charge in [0.15, 0.2) is 5.78 Å². The fourth-order valence-corrected chi connectivity index (χ4v) is 1.79. The lowest BCUT2D eigenvalue weighted by Gasteiger charge is -2.00. The molecule has 1 aromatic carbocycles. The lowest BCUT2D eigenvalue weighted by atomic mass is 10.1. The fraction of sp³-hybridized carbons (Fsp3) is 0.111. The van der Waals surface area contributed by atoms with Crippen molar-refractivity contribution in [3.05, 3.63) is 33.3 Å². The molecule has 0 aliphatic rings. The standard InChI is InChI=1S/C9H5BrClNO/c10-8-5-6(11)1-2-7(8)9(13)3-4-12/h1-2,5H,3H2. The normalized spacial score (nSPS) is 9.31. The van der Waals surface area contributed by atoms with Gasteiger partial charge in [0.2, 0.25) is 0 Å². The Kier molecular flexibility index (Phi) is 3.47. The summed E-state index contributed by atoms with van der Waals surface area (Å²) < 4.78 is 0.625. The summed E-state index contributed by atoms with van der Waals surface area (Å²) in [5, 5.41) is 8.89. The van der Waals surface area contributed by atoms with Gasteiger partial charge < -0.3 is 0 Å². The van der Waals surface area contributed by atoms with E-state index in [1.54, 1.807) is 24.3 Å². The van der Waals surface area contributed by atoms with Gasteiger partial charge in [-0.1, -0.05) is 11.6 Å². The van der Waals surface area contributed by atoms with Crippen LogP contribution in [0.4, 0.5) is 0 Å². The van der Waals surface area contributed by atoms with Crippen LogP contribution < -0.4 is 0 Å². The molecule has 0 heterocycles. The number of hydrogen-bond donors (Lipinski definition) is 0. The third-order valence-electron chi connectivity index (χ3n) is 1.47. The molecule has 0 atom stereocenters.